The van der Waals surface area contributed by atoms with Gasteiger partial charge in [-0.25, -0.2) is 8.42 Å². The van der Waals surface area contributed by atoms with Gasteiger partial charge in [-0.15, -0.1) is 13.2 Å². The minimum atomic E-state index is -3.60. The highest BCUT2D eigenvalue weighted by Crippen LogP contribution is 2.33. The molecule has 1 aliphatic heterocycles. The summed E-state index contributed by atoms with van der Waals surface area (Å²) in [5, 5.41) is 0. The first-order valence-electron chi connectivity index (χ1n) is 6.75. The van der Waals surface area contributed by atoms with Crippen molar-refractivity contribution in [2.75, 3.05) is 19.7 Å². The first-order valence-corrected chi connectivity index (χ1v) is 8.19. The van der Waals surface area contributed by atoms with E-state index in [9.17, 15) is 8.42 Å². The van der Waals surface area contributed by atoms with Gasteiger partial charge in [0.25, 0.3) is 0 Å². The summed E-state index contributed by atoms with van der Waals surface area (Å²) in [5.41, 5.74) is 6.77. The fourth-order valence-electron chi connectivity index (χ4n) is 2.27. The normalized spacial score (nSPS) is 17.9. The minimum absolute atomic E-state index is 0.198. The molecule has 0 saturated heterocycles. The summed E-state index contributed by atoms with van der Waals surface area (Å²) in [4.78, 5) is 0.214. The highest BCUT2D eigenvalue weighted by Gasteiger charge is 2.26. The summed E-state index contributed by atoms with van der Waals surface area (Å²) in [7, 11) is -3.60. The predicted molar refractivity (Wildman–Crippen MR) is 82.6 cm³/mol. The molecule has 0 aromatic heterocycles. The summed E-state index contributed by atoms with van der Waals surface area (Å²) in [6.07, 6.45) is 3.78. The zero-order valence-electron chi connectivity index (χ0n) is 11.9. The molecule has 0 amide bonds. The molecule has 0 fully saturated rings. The molecule has 2 N–H and O–H groups in total. The van der Waals surface area contributed by atoms with Crippen molar-refractivity contribution in [2.24, 2.45) is 5.73 Å². The maximum absolute atomic E-state index is 12.7. The molecule has 114 valence electrons. The first-order chi connectivity index (χ1) is 10.0. The van der Waals surface area contributed by atoms with Gasteiger partial charge < -0.3 is 10.5 Å². The van der Waals surface area contributed by atoms with Gasteiger partial charge in [0.05, 0.1) is 11.5 Å². The van der Waals surface area contributed by atoms with Gasteiger partial charge in [0.15, 0.2) is 0 Å². The molecule has 0 saturated carbocycles. The number of hydrogen-bond donors (Lipinski definition) is 1. The van der Waals surface area contributed by atoms with E-state index in [0.29, 0.717) is 18.8 Å². The van der Waals surface area contributed by atoms with Crippen molar-refractivity contribution < 1.29 is 13.2 Å². The van der Waals surface area contributed by atoms with Crippen LogP contribution < -0.4 is 10.5 Å². The van der Waals surface area contributed by atoms with Gasteiger partial charge in [0.2, 0.25) is 10.0 Å². The number of benzene rings is 1. The topological polar surface area (TPSA) is 72.6 Å². The van der Waals surface area contributed by atoms with Crippen LogP contribution in [0.3, 0.4) is 0 Å². The monoisotopic (exact) mass is 308 g/mol. The zero-order chi connectivity index (χ0) is 15.5. The lowest BCUT2D eigenvalue weighted by atomic mass is 10.0. The van der Waals surface area contributed by atoms with Gasteiger partial charge in [-0.3, -0.25) is 0 Å². The highest BCUT2D eigenvalue weighted by atomic mass is 32.2. The lowest BCUT2D eigenvalue weighted by Gasteiger charge is -2.25. The summed E-state index contributed by atoms with van der Waals surface area (Å²) in [6.45, 7) is 8.20. The van der Waals surface area contributed by atoms with Crippen LogP contribution in [0.4, 0.5) is 0 Å². The molecule has 21 heavy (non-hydrogen) atoms. The number of fused-ring (bicyclic) bond motifs is 1. The van der Waals surface area contributed by atoms with Crippen LogP contribution in [0.1, 0.15) is 18.0 Å². The first kappa shape index (κ1) is 15.8. The average molecular weight is 308 g/mol. The number of ether oxygens (including phenoxy) is 1. The van der Waals surface area contributed by atoms with E-state index < -0.39 is 10.0 Å². The molecule has 0 aliphatic carbocycles. The Kier molecular flexibility index (Phi) is 4.82. The molecule has 0 radical (unpaired) electrons. The maximum Gasteiger partial charge on any atom is 0.243 e. The van der Waals surface area contributed by atoms with Crippen molar-refractivity contribution in [1.82, 2.24) is 4.31 Å². The van der Waals surface area contributed by atoms with Gasteiger partial charge in [-0.2, -0.15) is 4.31 Å². The van der Waals surface area contributed by atoms with E-state index in [2.05, 4.69) is 13.2 Å². The largest absolute Gasteiger partial charge is 0.493 e. The van der Waals surface area contributed by atoms with Crippen molar-refractivity contribution in [3.05, 3.63) is 49.1 Å². The van der Waals surface area contributed by atoms with Crippen molar-refractivity contribution in [3.8, 4) is 5.75 Å². The Morgan fingerprint density at radius 2 is 2.00 bits per heavy atom. The molecule has 1 heterocycles. The Balaban J connectivity index is 2.42. The van der Waals surface area contributed by atoms with E-state index in [1.54, 1.807) is 30.4 Å². The Hall–Kier alpha value is -1.63. The quantitative estimate of drug-likeness (QED) is 0.814. The fourth-order valence-corrected chi connectivity index (χ4v) is 3.68. The molecular formula is C15H20N2O3S. The summed E-state index contributed by atoms with van der Waals surface area (Å²) in [6, 6.07) is 4.62. The third-order valence-corrected chi connectivity index (χ3v) is 5.20. The molecule has 0 spiro atoms. The molecule has 2 rings (SSSR count). The van der Waals surface area contributed by atoms with Crippen molar-refractivity contribution >= 4 is 10.0 Å². The van der Waals surface area contributed by atoms with E-state index in [0.717, 1.165) is 5.56 Å². The standard InChI is InChI=1S/C15H20N2O3S/c1-3-8-17(9-4-2)21(18,19)12-5-6-15-13(11-12)14(16)7-10-20-15/h3-6,11,14H,1-2,7-10,16H2. The van der Waals surface area contributed by atoms with Crippen LogP contribution in [0.2, 0.25) is 0 Å². The van der Waals surface area contributed by atoms with Crippen LogP contribution in [-0.4, -0.2) is 32.4 Å². The Morgan fingerprint density at radius 3 is 2.62 bits per heavy atom. The van der Waals surface area contributed by atoms with Crippen molar-refractivity contribution in [1.29, 1.82) is 0 Å². The number of hydrogen-bond acceptors (Lipinski definition) is 4. The molecule has 1 aromatic carbocycles. The second kappa shape index (κ2) is 6.43. The zero-order valence-corrected chi connectivity index (χ0v) is 12.7. The third-order valence-electron chi connectivity index (χ3n) is 3.37. The van der Waals surface area contributed by atoms with E-state index in [4.69, 9.17) is 10.5 Å². The Bertz CT molecular complexity index is 630. The van der Waals surface area contributed by atoms with E-state index in [1.807, 2.05) is 0 Å². The maximum atomic E-state index is 12.7. The predicted octanol–water partition coefficient (Wildman–Crippen LogP) is 1.83. The number of rotatable bonds is 6. The summed E-state index contributed by atoms with van der Waals surface area (Å²) in [5.74, 6) is 0.659. The van der Waals surface area contributed by atoms with E-state index in [1.165, 1.54) is 4.31 Å². The van der Waals surface area contributed by atoms with Crippen LogP contribution in [0.15, 0.2) is 48.4 Å². The number of sulfonamides is 1. The van der Waals surface area contributed by atoms with E-state index >= 15 is 0 Å². The molecule has 6 heteroatoms. The van der Waals surface area contributed by atoms with Crippen LogP contribution >= 0.6 is 0 Å². The molecule has 0 bridgehead atoms. The van der Waals surface area contributed by atoms with Gasteiger partial charge in [-0.1, -0.05) is 12.2 Å². The Labute approximate surface area is 125 Å². The van der Waals surface area contributed by atoms with E-state index in [-0.39, 0.29) is 24.0 Å². The van der Waals surface area contributed by atoms with Gasteiger partial charge in [0.1, 0.15) is 5.75 Å². The van der Waals surface area contributed by atoms with Gasteiger partial charge >= 0.3 is 0 Å². The molecule has 1 aliphatic rings. The second-order valence-corrected chi connectivity index (χ2v) is 6.78. The Morgan fingerprint density at radius 1 is 1.33 bits per heavy atom. The molecule has 1 aromatic rings. The lowest BCUT2D eigenvalue weighted by Crippen LogP contribution is -2.31. The minimum Gasteiger partial charge on any atom is -0.493 e. The highest BCUT2D eigenvalue weighted by molar-refractivity contribution is 7.89. The third kappa shape index (κ3) is 3.18. The van der Waals surface area contributed by atoms with Gasteiger partial charge in [0, 0.05) is 31.1 Å². The molecule has 1 atom stereocenters. The average Bonchev–Trinajstić information content (AvgIpc) is 2.47. The lowest BCUT2D eigenvalue weighted by molar-refractivity contribution is 0.268. The number of nitrogens with two attached hydrogens (primary N) is 1. The van der Waals surface area contributed by atoms with Crippen LogP contribution in [0.25, 0.3) is 0 Å². The van der Waals surface area contributed by atoms with Gasteiger partial charge in [-0.05, 0) is 18.2 Å². The van der Waals surface area contributed by atoms with Crippen molar-refractivity contribution in [3.63, 3.8) is 0 Å². The molecule has 5 nitrogen and oxygen atoms in total. The van der Waals surface area contributed by atoms with Crippen LogP contribution in [0, 0.1) is 0 Å². The summed E-state index contributed by atoms with van der Waals surface area (Å²) >= 11 is 0. The SMILES string of the molecule is C=CCN(CC=C)S(=O)(=O)c1ccc2c(c1)C(N)CCO2. The number of nitrogens with zero attached hydrogens (tertiary/aromatic N) is 1. The second-order valence-electron chi connectivity index (χ2n) is 4.84. The fraction of sp³-hybridized carbons (Fsp3) is 0.333. The van der Waals surface area contributed by atoms with Crippen LogP contribution in [0.5, 0.6) is 5.75 Å². The molecular weight excluding hydrogens is 288 g/mol. The summed E-state index contributed by atoms with van der Waals surface area (Å²) < 4.78 is 32.1. The molecule has 1 unspecified atom stereocenters. The van der Waals surface area contributed by atoms with Crippen molar-refractivity contribution in [2.45, 2.75) is 17.4 Å². The smallest absolute Gasteiger partial charge is 0.243 e. The van der Waals surface area contributed by atoms with Crippen LogP contribution in [-0.2, 0) is 10.0 Å².